The maximum atomic E-state index is 3.67. The minimum atomic E-state index is -0.0299. The molecule has 0 saturated heterocycles. The summed E-state index contributed by atoms with van der Waals surface area (Å²) in [5, 5.41) is 2.57. The Morgan fingerprint density at radius 1 is 0.571 bits per heavy atom. The van der Waals surface area contributed by atoms with Gasteiger partial charge >= 0.3 is 0 Å². The van der Waals surface area contributed by atoms with Crippen LogP contribution in [-0.4, -0.2) is 4.57 Å². The Kier molecular flexibility index (Phi) is 4.40. The van der Waals surface area contributed by atoms with Gasteiger partial charge in [0.05, 0.1) is 11.0 Å². The van der Waals surface area contributed by atoms with Crippen LogP contribution in [0, 0.1) is 0 Å². The van der Waals surface area contributed by atoms with E-state index in [1.54, 1.807) is 0 Å². The quantitative estimate of drug-likeness (QED) is 0.217. The van der Waals surface area contributed by atoms with Crippen LogP contribution >= 0.6 is 15.9 Å². The van der Waals surface area contributed by atoms with Crippen LogP contribution in [0.2, 0.25) is 0 Å². The van der Waals surface area contributed by atoms with E-state index >= 15 is 0 Å². The average molecular weight is 514 g/mol. The summed E-state index contributed by atoms with van der Waals surface area (Å²) in [6.07, 6.45) is 0. The number of fused-ring (bicyclic) bond motifs is 6. The SMILES string of the molecule is CC1(C)c2cc(Br)ccc2-c2ccc(-c3ccc4c(c3)c3ccccc3n4-c3ccccc3)cc21. The van der Waals surface area contributed by atoms with Gasteiger partial charge in [-0.2, -0.15) is 0 Å². The third-order valence-corrected chi connectivity index (χ3v) is 8.15. The van der Waals surface area contributed by atoms with Crippen LogP contribution in [0.25, 0.3) is 49.7 Å². The first-order chi connectivity index (χ1) is 17.0. The van der Waals surface area contributed by atoms with Crippen molar-refractivity contribution < 1.29 is 0 Å². The lowest BCUT2D eigenvalue weighted by molar-refractivity contribution is 0.660. The predicted octanol–water partition coefficient (Wildman–Crippen LogP) is 9.52. The zero-order valence-corrected chi connectivity index (χ0v) is 21.3. The third-order valence-electron chi connectivity index (χ3n) is 7.66. The minimum Gasteiger partial charge on any atom is -0.309 e. The highest BCUT2D eigenvalue weighted by atomic mass is 79.9. The standard InChI is InChI=1S/C33H24BrN/c1-33(2)29-19-22(12-15-25(29)26-16-14-23(34)20-30(26)33)21-13-17-32-28(18-21)27-10-6-7-11-31(27)35(32)24-8-4-3-5-9-24/h3-20H,1-2H3. The number of nitrogens with zero attached hydrogens (tertiary/aromatic N) is 1. The van der Waals surface area contributed by atoms with Gasteiger partial charge in [0.2, 0.25) is 0 Å². The number of hydrogen-bond donors (Lipinski definition) is 0. The minimum absolute atomic E-state index is 0.0299. The molecule has 0 atom stereocenters. The van der Waals surface area contributed by atoms with Crippen molar-refractivity contribution in [2.24, 2.45) is 0 Å². The summed E-state index contributed by atoms with van der Waals surface area (Å²) in [4.78, 5) is 0. The molecule has 1 aliphatic carbocycles. The Balaban J connectivity index is 1.43. The number of hydrogen-bond acceptors (Lipinski definition) is 0. The molecule has 0 bridgehead atoms. The molecule has 1 nitrogen and oxygen atoms in total. The topological polar surface area (TPSA) is 4.93 Å². The van der Waals surface area contributed by atoms with Gasteiger partial charge in [0, 0.05) is 26.3 Å². The molecule has 0 spiro atoms. The van der Waals surface area contributed by atoms with Crippen molar-refractivity contribution in [1.29, 1.82) is 0 Å². The molecule has 0 fully saturated rings. The Morgan fingerprint density at radius 2 is 1.20 bits per heavy atom. The highest BCUT2D eigenvalue weighted by Crippen LogP contribution is 2.50. The normalized spacial score (nSPS) is 13.8. The Hall–Kier alpha value is -3.62. The van der Waals surface area contributed by atoms with Crippen molar-refractivity contribution in [1.82, 2.24) is 4.57 Å². The zero-order valence-electron chi connectivity index (χ0n) is 19.7. The molecule has 0 aliphatic heterocycles. The predicted molar refractivity (Wildman–Crippen MR) is 151 cm³/mol. The van der Waals surface area contributed by atoms with Crippen LogP contribution in [0.1, 0.15) is 25.0 Å². The molecule has 0 N–H and O–H groups in total. The summed E-state index contributed by atoms with van der Waals surface area (Å²) in [5.74, 6) is 0. The molecular weight excluding hydrogens is 490 g/mol. The van der Waals surface area contributed by atoms with E-state index in [0.717, 1.165) is 4.47 Å². The monoisotopic (exact) mass is 513 g/mol. The Labute approximate surface area is 213 Å². The maximum Gasteiger partial charge on any atom is 0.0541 e. The number of benzene rings is 5. The molecule has 0 amide bonds. The van der Waals surface area contributed by atoms with E-state index < -0.39 is 0 Å². The van der Waals surface area contributed by atoms with Crippen molar-refractivity contribution >= 4 is 37.7 Å². The molecular formula is C33H24BrN. The lowest BCUT2D eigenvalue weighted by Gasteiger charge is -2.22. The molecule has 2 heteroatoms. The summed E-state index contributed by atoms with van der Waals surface area (Å²) in [6.45, 7) is 4.68. The highest BCUT2D eigenvalue weighted by Gasteiger charge is 2.35. The molecule has 168 valence electrons. The first-order valence-electron chi connectivity index (χ1n) is 12.1. The van der Waals surface area contributed by atoms with Gasteiger partial charge in [-0.05, 0) is 81.9 Å². The first kappa shape index (κ1) is 20.7. The summed E-state index contributed by atoms with van der Waals surface area (Å²) in [5.41, 5.74) is 11.6. The molecule has 6 aromatic rings. The van der Waals surface area contributed by atoms with Crippen molar-refractivity contribution in [3.05, 3.63) is 125 Å². The average Bonchev–Trinajstić information content (AvgIpc) is 3.33. The molecule has 0 saturated carbocycles. The highest BCUT2D eigenvalue weighted by molar-refractivity contribution is 9.10. The van der Waals surface area contributed by atoms with Crippen molar-refractivity contribution in [2.45, 2.75) is 19.3 Å². The van der Waals surface area contributed by atoms with E-state index in [2.05, 4.69) is 144 Å². The second-order valence-corrected chi connectivity index (χ2v) is 10.9. The van der Waals surface area contributed by atoms with Gasteiger partial charge in [-0.1, -0.05) is 90.4 Å². The molecule has 5 aromatic carbocycles. The van der Waals surface area contributed by atoms with E-state index in [0.29, 0.717) is 0 Å². The van der Waals surface area contributed by atoms with E-state index in [1.807, 2.05) is 0 Å². The molecule has 0 radical (unpaired) electrons. The van der Waals surface area contributed by atoms with Gasteiger partial charge in [-0.15, -0.1) is 0 Å². The lowest BCUT2D eigenvalue weighted by atomic mass is 9.81. The second kappa shape index (κ2) is 7.44. The molecule has 7 rings (SSSR count). The molecule has 35 heavy (non-hydrogen) atoms. The van der Waals surface area contributed by atoms with Crippen LogP contribution in [0.15, 0.2) is 114 Å². The fourth-order valence-electron chi connectivity index (χ4n) is 5.90. The smallest absolute Gasteiger partial charge is 0.0541 e. The lowest BCUT2D eigenvalue weighted by Crippen LogP contribution is -2.15. The van der Waals surface area contributed by atoms with Crippen LogP contribution < -0.4 is 0 Å². The van der Waals surface area contributed by atoms with Crippen molar-refractivity contribution in [3.63, 3.8) is 0 Å². The largest absolute Gasteiger partial charge is 0.309 e. The van der Waals surface area contributed by atoms with E-state index in [9.17, 15) is 0 Å². The number of aromatic nitrogens is 1. The van der Waals surface area contributed by atoms with Gasteiger partial charge in [0.1, 0.15) is 0 Å². The summed E-state index contributed by atoms with van der Waals surface area (Å²) >= 11 is 3.67. The summed E-state index contributed by atoms with van der Waals surface area (Å²) in [7, 11) is 0. The van der Waals surface area contributed by atoms with Gasteiger partial charge < -0.3 is 4.57 Å². The zero-order chi connectivity index (χ0) is 23.7. The van der Waals surface area contributed by atoms with Crippen LogP contribution in [0.3, 0.4) is 0 Å². The molecule has 1 aromatic heterocycles. The van der Waals surface area contributed by atoms with Gasteiger partial charge in [0.25, 0.3) is 0 Å². The van der Waals surface area contributed by atoms with E-state index in [4.69, 9.17) is 0 Å². The second-order valence-electron chi connectivity index (χ2n) is 10.00. The summed E-state index contributed by atoms with van der Waals surface area (Å²) < 4.78 is 3.51. The van der Waals surface area contributed by atoms with E-state index in [-0.39, 0.29) is 5.41 Å². The summed E-state index contributed by atoms with van der Waals surface area (Å²) in [6, 6.07) is 39.9. The van der Waals surface area contributed by atoms with Gasteiger partial charge in [0.15, 0.2) is 0 Å². The van der Waals surface area contributed by atoms with Crippen molar-refractivity contribution in [3.8, 4) is 27.9 Å². The van der Waals surface area contributed by atoms with Crippen molar-refractivity contribution in [2.75, 3.05) is 0 Å². The Bertz CT molecular complexity index is 1770. The molecule has 1 heterocycles. The third kappa shape index (κ3) is 3.00. The number of rotatable bonds is 2. The molecule has 0 unspecified atom stereocenters. The van der Waals surface area contributed by atoms with Crippen LogP contribution in [0.5, 0.6) is 0 Å². The number of para-hydroxylation sites is 2. The first-order valence-corrected chi connectivity index (χ1v) is 12.9. The Morgan fingerprint density at radius 3 is 2.03 bits per heavy atom. The number of halogens is 1. The van der Waals surface area contributed by atoms with Crippen LogP contribution in [0.4, 0.5) is 0 Å². The maximum absolute atomic E-state index is 3.67. The van der Waals surface area contributed by atoms with Gasteiger partial charge in [-0.3, -0.25) is 0 Å². The fraction of sp³-hybridized carbons (Fsp3) is 0.0909. The van der Waals surface area contributed by atoms with Crippen LogP contribution in [-0.2, 0) is 5.41 Å². The fourth-order valence-corrected chi connectivity index (χ4v) is 6.26. The molecule has 1 aliphatic rings. The van der Waals surface area contributed by atoms with E-state index in [1.165, 1.54) is 60.9 Å². The van der Waals surface area contributed by atoms with Gasteiger partial charge in [-0.25, -0.2) is 0 Å².